The molecule has 4 unspecified atom stereocenters. The van der Waals surface area contributed by atoms with Crippen LogP contribution in [0.15, 0.2) is 30.3 Å². The lowest BCUT2D eigenvalue weighted by Crippen LogP contribution is -2.28. The monoisotopic (exact) mass is 267 g/mol. The van der Waals surface area contributed by atoms with E-state index in [1.165, 1.54) is 0 Å². The van der Waals surface area contributed by atoms with Crippen LogP contribution < -0.4 is 5.73 Å². The highest BCUT2D eigenvalue weighted by atomic mass is 32.2. The maximum absolute atomic E-state index is 12.7. The van der Waals surface area contributed by atoms with E-state index in [2.05, 4.69) is 0 Å². The Balaban J connectivity index is 2.17. The van der Waals surface area contributed by atoms with Crippen molar-refractivity contribution in [3.63, 3.8) is 0 Å². The van der Waals surface area contributed by atoms with Gasteiger partial charge in [-0.05, 0) is 31.9 Å². The van der Waals surface area contributed by atoms with Gasteiger partial charge in [-0.3, -0.25) is 4.21 Å². The third-order valence-corrected chi connectivity index (χ3v) is 5.77. The Bertz CT molecular complexity index is 396. The summed E-state index contributed by atoms with van der Waals surface area (Å²) in [6, 6.07) is 10.0. The number of ether oxygens (including phenoxy) is 1. The summed E-state index contributed by atoms with van der Waals surface area (Å²) in [6.45, 7) is 3.30. The second-order valence-corrected chi connectivity index (χ2v) is 6.54. The molecule has 1 aromatic rings. The Morgan fingerprint density at radius 1 is 1.44 bits per heavy atom. The first-order chi connectivity index (χ1) is 8.74. The van der Waals surface area contributed by atoms with Crippen LogP contribution in [0, 0.1) is 0 Å². The summed E-state index contributed by atoms with van der Waals surface area (Å²) < 4.78 is 18.2. The molecule has 2 rings (SSSR count). The van der Waals surface area contributed by atoms with Gasteiger partial charge in [0.15, 0.2) is 0 Å². The number of rotatable bonds is 5. The van der Waals surface area contributed by atoms with Crippen LogP contribution >= 0.6 is 0 Å². The van der Waals surface area contributed by atoms with E-state index >= 15 is 0 Å². The Morgan fingerprint density at radius 2 is 2.17 bits per heavy atom. The second-order valence-electron chi connectivity index (χ2n) is 4.71. The van der Waals surface area contributed by atoms with Gasteiger partial charge in [0.1, 0.15) is 0 Å². The van der Waals surface area contributed by atoms with Crippen molar-refractivity contribution in [2.24, 2.45) is 5.73 Å². The molecule has 2 N–H and O–H groups in total. The molecule has 4 atom stereocenters. The van der Waals surface area contributed by atoms with Crippen molar-refractivity contribution in [3.05, 3.63) is 35.9 Å². The van der Waals surface area contributed by atoms with Crippen LogP contribution in [0.4, 0.5) is 0 Å². The fraction of sp³-hybridized carbons (Fsp3) is 0.571. The minimum absolute atomic E-state index is 0.0327. The molecule has 18 heavy (non-hydrogen) atoms. The molecule has 1 saturated heterocycles. The largest absolute Gasteiger partial charge is 0.377 e. The van der Waals surface area contributed by atoms with Gasteiger partial charge in [-0.1, -0.05) is 30.3 Å². The Kier molecular flexibility index (Phi) is 4.92. The van der Waals surface area contributed by atoms with Crippen molar-refractivity contribution in [2.45, 2.75) is 36.4 Å². The zero-order valence-electron chi connectivity index (χ0n) is 10.7. The molecular weight excluding hydrogens is 246 g/mol. The van der Waals surface area contributed by atoms with Gasteiger partial charge in [-0.15, -0.1) is 0 Å². The zero-order valence-corrected chi connectivity index (χ0v) is 11.6. The molecule has 0 spiro atoms. The predicted molar refractivity (Wildman–Crippen MR) is 74.8 cm³/mol. The number of hydrogen-bond acceptors (Lipinski definition) is 3. The maximum Gasteiger partial charge on any atom is 0.0691 e. The lowest BCUT2D eigenvalue weighted by molar-refractivity contribution is 0.126. The Morgan fingerprint density at radius 3 is 2.72 bits per heavy atom. The van der Waals surface area contributed by atoms with Gasteiger partial charge < -0.3 is 10.5 Å². The van der Waals surface area contributed by atoms with Gasteiger partial charge in [0.25, 0.3) is 0 Å². The topological polar surface area (TPSA) is 52.3 Å². The highest BCUT2D eigenvalue weighted by molar-refractivity contribution is 7.86. The molecular formula is C14H21NO2S. The highest BCUT2D eigenvalue weighted by Crippen LogP contribution is 2.31. The molecule has 1 aliphatic heterocycles. The summed E-state index contributed by atoms with van der Waals surface area (Å²) in [6.07, 6.45) is 1.75. The van der Waals surface area contributed by atoms with Gasteiger partial charge in [-0.2, -0.15) is 0 Å². The summed E-state index contributed by atoms with van der Waals surface area (Å²) in [5.41, 5.74) is 6.80. The van der Waals surface area contributed by atoms with Crippen LogP contribution in [0.5, 0.6) is 0 Å². The molecule has 0 radical (unpaired) electrons. The van der Waals surface area contributed by atoms with Crippen molar-refractivity contribution in [2.75, 3.05) is 13.2 Å². The molecule has 0 bridgehead atoms. The normalized spacial score (nSPS) is 27.0. The molecule has 100 valence electrons. The fourth-order valence-corrected chi connectivity index (χ4v) is 4.46. The fourth-order valence-electron chi connectivity index (χ4n) is 2.46. The van der Waals surface area contributed by atoms with Crippen molar-refractivity contribution < 1.29 is 8.95 Å². The minimum Gasteiger partial charge on any atom is -0.377 e. The van der Waals surface area contributed by atoms with Crippen LogP contribution in [0.3, 0.4) is 0 Å². The maximum atomic E-state index is 12.7. The molecule has 4 heteroatoms. The SMILES string of the molecule is CC1OCCC1S(=O)C(CCN)c1ccccc1. The average Bonchev–Trinajstić information content (AvgIpc) is 2.82. The van der Waals surface area contributed by atoms with Crippen molar-refractivity contribution >= 4 is 10.8 Å². The van der Waals surface area contributed by atoms with E-state index in [0.29, 0.717) is 6.54 Å². The standard InChI is InChI=1S/C14H21NO2S/c1-11-13(8-10-17-11)18(16)14(7-9-15)12-5-3-2-4-6-12/h2-6,11,13-14H,7-10,15H2,1H3. The summed E-state index contributed by atoms with van der Waals surface area (Å²) in [7, 11) is -0.919. The summed E-state index contributed by atoms with van der Waals surface area (Å²) in [4.78, 5) is 0. The Labute approximate surface area is 111 Å². The lowest BCUT2D eigenvalue weighted by atomic mass is 10.1. The van der Waals surface area contributed by atoms with Crippen molar-refractivity contribution in [1.82, 2.24) is 0 Å². The van der Waals surface area contributed by atoms with Crippen LogP contribution in [0.2, 0.25) is 0 Å². The highest BCUT2D eigenvalue weighted by Gasteiger charge is 2.34. The molecule has 3 nitrogen and oxygen atoms in total. The molecule has 1 aromatic carbocycles. The smallest absolute Gasteiger partial charge is 0.0691 e. The van der Waals surface area contributed by atoms with Crippen molar-refractivity contribution in [1.29, 1.82) is 0 Å². The van der Waals surface area contributed by atoms with E-state index in [0.717, 1.165) is 25.0 Å². The first-order valence-electron chi connectivity index (χ1n) is 6.50. The van der Waals surface area contributed by atoms with E-state index < -0.39 is 10.8 Å². The van der Waals surface area contributed by atoms with E-state index in [1.807, 2.05) is 37.3 Å². The predicted octanol–water partition coefficient (Wildman–Crippen LogP) is 2.00. The van der Waals surface area contributed by atoms with Gasteiger partial charge in [0.2, 0.25) is 0 Å². The molecule has 1 heterocycles. The summed E-state index contributed by atoms with van der Waals surface area (Å²) in [5, 5.41) is 0.173. The number of hydrogen-bond donors (Lipinski definition) is 1. The number of nitrogens with two attached hydrogens (primary N) is 1. The molecule has 1 aliphatic rings. The van der Waals surface area contributed by atoms with E-state index in [4.69, 9.17) is 10.5 Å². The molecule has 0 saturated carbocycles. The number of benzene rings is 1. The van der Waals surface area contributed by atoms with Gasteiger partial charge >= 0.3 is 0 Å². The van der Waals surface area contributed by atoms with Gasteiger partial charge in [0.05, 0.1) is 16.6 Å². The minimum atomic E-state index is -0.919. The zero-order chi connectivity index (χ0) is 13.0. The first-order valence-corrected chi connectivity index (χ1v) is 7.77. The molecule has 0 aromatic heterocycles. The van der Waals surface area contributed by atoms with Gasteiger partial charge in [0, 0.05) is 17.4 Å². The van der Waals surface area contributed by atoms with Crippen LogP contribution in [-0.2, 0) is 15.5 Å². The van der Waals surface area contributed by atoms with E-state index in [-0.39, 0.29) is 16.6 Å². The van der Waals surface area contributed by atoms with E-state index in [9.17, 15) is 4.21 Å². The summed E-state index contributed by atoms with van der Waals surface area (Å²) >= 11 is 0. The van der Waals surface area contributed by atoms with E-state index in [1.54, 1.807) is 0 Å². The summed E-state index contributed by atoms with van der Waals surface area (Å²) in [5.74, 6) is 0. The third-order valence-electron chi connectivity index (χ3n) is 3.49. The quantitative estimate of drug-likeness (QED) is 0.888. The third kappa shape index (κ3) is 2.99. The molecule has 1 fully saturated rings. The first kappa shape index (κ1) is 13.7. The van der Waals surface area contributed by atoms with Crippen LogP contribution in [0.1, 0.15) is 30.6 Å². The van der Waals surface area contributed by atoms with Crippen LogP contribution in [-0.4, -0.2) is 28.7 Å². The van der Waals surface area contributed by atoms with Crippen molar-refractivity contribution in [3.8, 4) is 0 Å². The Hall–Kier alpha value is -0.710. The molecule has 0 aliphatic carbocycles. The van der Waals surface area contributed by atoms with Gasteiger partial charge in [-0.25, -0.2) is 0 Å². The van der Waals surface area contributed by atoms with Crippen LogP contribution in [0.25, 0.3) is 0 Å². The molecule has 0 amide bonds. The average molecular weight is 267 g/mol. The second kappa shape index (κ2) is 6.45. The lowest BCUT2D eigenvalue weighted by Gasteiger charge is -2.22.